The minimum atomic E-state index is -0.00272. The molecule has 0 saturated carbocycles. The molecule has 0 fully saturated rings. The van der Waals surface area contributed by atoms with Gasteiger partial charge < -0.3 is 5.32 Å². The van der Waals surface area contributed by atoms with Crippen LogP contribution in [-0.2, 0) is 11.3 Å². The van der Waals surface area contributed by atoms with Gasteiger partial charge >= 0.3 is 0 Å². The van der Waals surface area contributed by atoms with Gasteiger partial charge in [-0.3, -0.25) is 9.48 Å². The molecule has 0 bridgehead atoms. The second-order valence-electron chi connectivity index (χ2n) is 4.67. The Morgan fingerprint density at radius 1 is 1.32 bits per heavy atom. The zero-order valence-corrected chi connectivity index (χ0v) is 11.3. The van der Waals surface area contributed by atoms with Gasteiger partial charge in [-0.05, 0) is 18.9 Å². The summed E-state index contributed by atoms with van der Waals surface area (Å²) in [5.74, 6) is -0.00272. The molecule has 0 spiro atoms. The maximum Gasteiger partial charge on any atom is 0.241 e. The maximum atomic E-state index is 11.8. The molecule has 100 valence electrons. The van der Waals surface area contributed by atoms with Gasteiger partial charge in [0.15, 0.2) is 0 Å². The highest BCUT2D eigenvalue weighted by Crippen LogP contribution is 2.17. The Morgan fingerprint density at radius 2 is 2.05 bits per heavy atom. The van der Waals surface area contributed by atoms with E-state index >= 15 is 0 Å². The minimum absolute atomic E-state index is 0.00272. The number of hydrogen-bond donors (Lipinski definition) is 1. The van der Waals surface area contributed by atoms with Gasteiger partial charge in [0.1, 0.15) is 6.54 Å². The minimum Gasteiger partial charge on any atom is -0.352 e. The van der Waals surface area contributed by atoms with E-state index in [1.165, 1.54) is 0 Å². The number of benzene rings is 1. The predicted octanol–water partition coefficient (Wildman–Crippen LogP) is 2.46. The van der Waals surface area contributed by atoms with Crippen LogP contribution < -0.4 is 5.32 Å². The van der Waals surface area contributed by atoms with E-state index in [9.17, 15) is 4.79 Å². The van der Waals surface area contributed by atoms with Gasteiger partial charge in [-0.2, -0.15) is 5.10 Å². The molecule has 1 aromatic carbocycles. The summed E-state index contributed by atoms with van der Waals surface area (Å²) < 4.78 is 1.67. The third-order valence-corrected chi connectivity index (χ3v) is 3.07. The number of rotatable bonds is 5. The lowest BCUT2D eigenvalue weighted by atomic mass is 10.1. The highest BCUT2D eigenvalue weighted by Gasteiger charge is 2.08. The van der Waals surface area contributed by atoms with Crippen molar-refractivity contribution in [3.05, 3.63) is 42.7 Å². The second kappa shape index (κ2) is 6.18. The Bertz CT molecular complexity index is 533. The molecule has 0 aliphatic rings. The number of aromatic nitrogens is 2. The average molecular weight is 257 g/mol. The van der Waals surface area contributed by atoms with Crippen LogP contribution in [0.3, 0.4) is 0 Å². The van der Waals surface area contributed by atoms with Crippen LogP contribution in [0, 0.1) is 0 Å². The van der Waals surface area contributed by atoms with Gasteiger partial charge in [0.05, 0.1) is 6.20 Å². The van der Waals surface area contributed by atoms with E-state index in [-0.39, 0.29) is 18.5 Å². The Kier molecular flexibility index (Phi) is 4.34. The number of carbonyl (C=O) groups excluding carboxylic acids is 1. The SMILES string of the molecule is CC[C@H](C)NC(=O)Cn1cc(-c2ccccc2)cn1. The lowest BCUT2D eigenvalue weighted by Gasteiger charge is -2.10. The monoisotopic (exact) mass is 257 g/mol. The van der Waals surface area contributed by atoms with Crippen molar-refractivity contribution in [1.82, 2.24) is 15.1 Å². The molecule has 1 amide bonds. The van der Waals surface area contributed by atoms with E-state index in [0.29, 0.717) is 0 Å². The molecule has 4 nitrogen and oxygen atoms in total. The summed E-state index contributed by atoms with van der Waals surface area (Å²) in [5.41, 5.74) is 2.13. The Hall–Kier alpha value is -2.10. The van der Waals surface area contributed by atoms with E-state index in [2.05, 4.69) is 10.4 Å². The summed E-state index contributed by atoms with van der Waals surface area (Å²) in [5, 5.41) is 7.15. The Morgan fingerprint density at radius 3 is 2.74 bits per heavy atom. The quantitative estimate of drug-likeness (QED) is 0.894. The summed E-state index contributed by atoms with van der Waals surface area (Å²) >= 11 is 0. The molecule has 1 atom stereocenters. The van der Waals surface area contributed by atoms with E-state index in [1.54, 1.807) is 10.9 Å². The topological polar surface area (TPSA) is 46.9 Å². The molecule has 0 saturated heterocycles. The Balaban J connectivity index is 2.00. The predicted molar refractivity (Wildman–Crippen MR) is 75.6 cm³/mol. The van der Waals surface area contributed by atoms with Crippen molar-refractivity contribution in [2.45, 2.75) is 32.9 Å². The highest BCUT2D eigenvalue weighted by atomic mass is 16.2. The van der Waals surface area contributed by atoms with Gasteiger partial charge in [-0.25, -0.2) is 0 Å². The van der Waals surface area contributed by atoms with E-state index in [1.807, 2.05) is 50.4 Å². The van der Waals surface area contributed by atoms with Crippen LogP contribution >= 0.6 is 0 Å². The number of hydrogen-bond acceptors (Lipinski definition) is 2. The van der Waals surface area contributed by atoms with E-state index in [4.69, 9.17) is 0 Å². The average Bonchev–Trinajstić information content (AvgIpc) is 2.88. The van der Waals surface area contributed by atoms with Crippen molar-refractivity contribution in [2.75, 3.05) is 0 Å². The fraction of sp³-hybridized carbons (Fsp3) is 0.333. The molecule has 0 aliphatic heterocycles. The van der Waals surface area contributed by atoms with E-state index < -0.39 is 0 Å². The summed E-state index contributed by atoms with van der Waals surface area (Å²) in [6.45, 7) is 4.31. The molecular formula is C15H19N3O. The standard InChI is InChI=1S/C15H19N3O/c1-3-12(2)17-15(19)11-18-10-14(9-16-18)13-7-5-4-6-8-13/h4-10,12H,3,11H2,1-2H3,(H,17,19)/t12-/m0/s1. The summed E-state index contributed by atoms with van der Waals surface area (Å²) in [4.78, 5) is 11.8. The van der Waals surface area contributed by atoms with Crippen molar-refractivity contribution >= 4 is 5.91 Å². The molecule has 0 aliphatic carbocycles. The van der Waals surface area contributed by atoms with Crippen LogP contribution in [0.2, 0.25) is 0 Å². The smallest absolute Gasteiger partial charge is 0.241 e. The van der Waals surface area contributed by atoms with Crippen LogP contribution in [0.1, 0.15) is 20.3 Å². The fourth-order valence-electron chi connectivity index (χ4n) is 1.80. The second-order valence-corrected chi connectivity index (χ2v) is 4.67. The third-order valence-electron chi connectivity index (χ3n) is 3.07. The first kappa shape index (κ1) is 13.3. The first-order valence-corrected chi connectivity index (χ1v) is 6.56. The first-order valence-electron chi connectivity index (χ1n) is 6.56. The van der Waals surface area contributed by atoms with Crippen molar-refractivity contribution in [2.24, 2.45) is 0 Å². The molecule has 0 unspecified atom stereocenters. The molecular weight excluding hydrogens is 238 g/mol. The highest BCUT2D eigenvalue weighted by molar-refractivity contribution is 5.76. The zero-order valence-electron chi connectivity index (χ0n) is 11.3. The molecule has 4 heteroatoms. The largest absolute Gasteiger partial charge is 0.352 e. The van der Waals surface area contributed by atoms with Crippen LogP contribution in [0.5, 0.6) is 0 Å². The molecule has 1 N–H and O–H groups in total. The lowest BCUT2D eigenvalue weighted by Crippen LogP contribution is -2.34. The van der Waals surface area contributed by atoms with Crippen molar-refractivity contribution in [3.63, 3.8) is 0 Å². The van der Waals surface area contributed by atoms with Crippen molar-refractivity contribution in [1.29, 1.82) is 0 Å². The Labute approximate surface area is 113 Å². The van der Waals surface area contributed by atoms with E-state index in [0.717, 1.165) is 17.5 Å². The van der Waals surface area contributed by atoms with Crippen LogP contribution in [0.25, 0.3) is 11.1 Å². The number of nitrogens with zero attached hydrogens (tertiary/aromatic N) is 2. The van der Waals surface area contributed by atoms with Crippen molar-refractivity contribution < 1.29 is 4.79 Å². The number of nitrogens with one attached hydrogen (secondary N) is 1. The molecule has 2 rings (SSSR count). The number of amides is 1. The third kappa shape index (κ3) is 3.68. The van der Waals surface area contributed by atoms with Gasteiger partial charge in [-0.15, -0.1) is 0 Å². The van der Waals surface area contributed by atoms with Gasteiger partial charge in [0.25, 0.3) is 0 Å². The zero-order chi connectivity index (χ0) is 13.7. The molecule has 1 heterocycles. The summed E-state index contributed by atoms with van der Waals surface area (Å²) in [6.07, 6.45) is 4.61. The van der Waals surface area contributed by atoms with Crippen LogP contribution in [0.15, 0.2) is 42.7 Å². The normalized spacial score (nSPS) is 12.1. The maximum absolute atomic E-state index is 11.8. The molecule has 19 heavy (non-hydrogen) atoms. The summed E-state index contributed by atoms with van der Waals surface area (Å²) in [6, 6.07) is 10.2. The molecule has 1 aromatic heterocycles. The molecule has 2 aromatic rings. The van der Waals surface area contributed by atoms with Gasteiger partial charge in [-0.1, -0.05) is 37.3 Å². The van der Waals surface area contributed by atoms with Crippen LogP contribution in [-0.4, -0.2) is 21.7 Å². The fourth-order valence-corrected chi connectivity index (χ4v) is 1.80. The number of carbonyl (C=O) groups is 1. The lowest BCUT2D eigenvalue weighted by molar-refractivity contribution is -0.122. The van der Waals surface area contributed by atoms with Gasteiger partial charge in [0.2, 0.25) is 5.91 Å². The first-order chi connectivity index (χ1) is 9.19. The van der Waals surface area contributed by atoms with Gasteiger partial charge in [0, 0.05) is 17.8 Å². The molecule has 0 radical (unpaired) electrons. The van der Waals surface area contributed by atoms with Crippen LogP contribution in [0.4, 0.5) is 0 Å². The van der Waals surface area contributed by atoms with Crippen molar-refractivity contribution in [3.8, 4) is 11.1 Å². The summed E-state index contributed by atoms with van der Waals surface area (Å²) in [7, 11) is 0.